The van der Waals surface area contributed by atoms with Gasteiger partial charge in [0.15, 0.2) is 5.78 Å². The number of Topliss-reactive ketones (excluding diaryl/α,β-unsaturated/α-hetero) is 1. The molecule has 2 aromatic rings. The summed E-state index contributed by atoms with van der Waals surface area (Å²) < 4.78 is 61.4. The highest BCUT2D eigenvalue weighted by atomic mass is 19.4. The van der Waals surface area contributed by atoms with Gasteiger partial charge in [0.25, 0.3) is 0 Å². The minimum absolute atomic E-state index is 0.0957. The molecule has 1 N–H and O–H groups in total. The van der Waals surface area contributed by atoms with Gasteiger partial charge in [0.05, 0.1) is 17.1 Å². The zero-order valence-electron chi connectivity index (χ0n) is 19.4. The summed E-state index contributed by atoms with van der Waals surface area (Å²) in [6.45, 7) is 4.87. The van der Waals surface area contributed by atoms with Crippen molar-refractivity contribution in [2.75, 3.05) is 0 Å². The van der Waals surface area contributed by atoms with Crippen LogP contribution in [0.1, 0.15) is 56.2 Å². The van der Waals surface area contributed by atoms with E-state index >= 15 is 4.39 Å². The van der Waals surface area contributed by atoms with Crippen molar-refractivity contribution >= 4 is 11.8 Å². The average molecular weight is 488 g/mol. The quantitative estimate of drug-likeness (QED) is 0.449. The second-order valence-electron chi connectivity index (χ2n) is 9.35. The Labute approximate surface area is 199 Å². The van der Waals surface area contributed by atoms with E-state index in [-0.39, 0.29) is 23.5 Å². The van der Waals surface area contributed by atoms with E-state index in [1.54, 1.807) is 39.1 Å². The molecule has 0 bridgehead atoms. The molecule has 1 aliphatic heterocycles. The zero-order chi connectivity index (χ0) is 25.5. The summed E-state index contributed by atoms with van der Waals surface area (Å²) in [6, 6.07) is 6.26. The Morgan fingerprint density at radius 2 is 1.97 bits per heavy atom. The van der Waals surface area contributed by atoms with Gasteiger partial charge in [0.2, 0.25) is 0 Å². The van der Waals surface area contributed by atoms with E-state index in [4.69, 9.17) is 4.74 Å². The van der Waals surface area contributed by atoms with Crippen molar-refractivity contribution in [2.24, 2.45) is 5.41 Å². The molecule has 0 radical (unpaired) electrons. The number of aromatic nitrogens is 1. The summed E-state index contributed by atoms with van der Waals surface area (Å²) in [7, 11) is 0. The molecule has 0 spiro atoms. The molecule has 5 nitrogen and oxygen atoms in total. The van der Waals surface area contributed by atoms with Crippen LogP contribution in [0.15, 0.2) is 65.3 Å². The summed E-state index contributed by atoms with van der Waals surface area (Å²) in [5.74, 6) is -4.07. The van der Waals surface area contributed by atoms with Crippen molar-refractivity contribution in [2.45, 2.75) is 52.3 Å². The molecule has 0 saturated heterocycles. The van der Waals surface area contributed by atoms with Crippen molar-refractivity contribution in [3.63, 3.8) is 0 Å². The van der Waals surface area contributed by atoms with Crippen LogP contribution in [0.3, 0.4) is 0 Å². The van der Waals surface area contributed by atoms with Gasteiger partial charge in [-0.25, -0.2) is 9.18 Å². The van der Waals surface area contributed by atoms with Crippen LogP contribution in [0.5, 0.6) is 0 Å². The van der Waals surface area contributed by atoms with E-state index in [1.165, 1.54) is 12.3 Å². The van der Waals surface area contributed by atoms with Gasteiger partial charge in [-0.3, -0.25) is 9.78 Å². The van der Waals surface area contributed by atoms with Crippen LogP contribution in [0.25, 0.3) is 0 Å². The van der Waals surface area contributed by atoms with Crippen LogP contribution in [0.4, 0.5) is 17.6 Å². The second-order valence-corrected chi connectivity index (χ2v) is 9.35. The fourth-order valence-corrected chi connectivity index (χ4v) is 4.56. The van der Waals surface area contributed by atoms with Crippen LogP contribution in [0, 0.1) is 11.2 Å². The van der Waals surface area contributed by atoms with Crippen LogP contribution in [-0.2, 0) is 27.1 Å². The van der Waals surface area contributed by atoms with Crippen LogP contribution in [0.2, 0.25) is 0 Å². The van der Waals surface area contributed by atoms with Crippen LogP contribution >= 0.6 is 0 Å². The number of allylic oxidation sites excluding steroid dienone is 3. The minimum atomic E-state index is -4.94. The first-order chi connectivity index (χ1) is 16.4. The Hall–Kier alpha value is -3.49. The van der Waals surface area contributed by atoms with E-state index < -0.39 is 40.4 Å². The lowest BCUT2D eigenvalue weighted by Gasteiger charge is -2.39. The van der Waals surface area contributed by atoms with Gasteiger partial charge in [-0.1, -0.05) is 32.0 Å². The topological polar surface area (TPSA) is 68.3 Å². The Bertz CT molecular complexity index is 1250. The summed E-state index contributed by atoms with van der Waals surface area (Å²) in [4.78, 5) is 30.7. The Morgan fingerprint density at radius 1 is 1.23 bits per heavy atom. The van der Waals surface area contributed by atoms with E-state index in [0.29, 0.717) is 35.9 Å². The maximum absolute atomic E-state index is 15.4. The number of ketones is 1. The average Bonchev–Trinajstić information content (AvgIpc) is 2.79. The Kier molecular flexibility index (Phi) is 6.29. The van der Waals surface area contributed by atoms with E-state index in [0.717, 1.165) is 6.07 Å². The molecule has 0 fully saturated rings. The van der Waals surface area contributed by atoms with Gasteiger partial charge >= 0.3 is 12.1 Å². The largest absolute Gasteiger partial charge is 0.457 e. The number of pyridine rings is 1. The molecule has 0 saturated carbocycles. The third kappa shape index (κ3) is 4.59. The molecule has 1 aromatic heterocycles. The molecule has 9 heteroatoms. The summed E-state index contributed by atoms with van der Waals surface area (Å²) in [5, 5.41) is 3.06. The van der Waals surface area contributed by atoms with Gasteiger partial charge in [-0.2, -0.15) is 13.2 Å². The number of esters is 1. The summed E-state index contributed by atoms with van der Waals surface area (Å²) >= 11 is 0. The number of rotatable bonds is 4. The van der Waals surface area contributed by atoms with Crippen molar-refractivity contribution in [3.8, 4) is 0 Å². The van der Waals surface area contributed by atoms with Crippen molar-refractivity contribution in [1.29, 1.82) is 0 Å². The van der Waals surface area contributed by atoms with Crippen molar-refractivity contribution < 1.29 is 31.9 Å². The number of carbonyl (C=O) groups excluding carboxylic acids is 2. The van der Waals surface area contributed by atoms with Gasteiger partial charge in [-0.05, 0) is 31.9 Å². The maximum atomic E-state index is 15.4. The molecule has 2 aliphatic rings. The lowest BCUT2D eigenvalue weighted by molar-refractivity contribution is -0.141. The molecular formula is C26H24F4N2O3. The van der Waals surface area contributed by atoms with Gasteiger partial charge in [0, 0.05) is 45.9 Å². The van der Waals surface area contributed by atoms with Crippen molar-refractivity contribution in [1.82, 2.24) is 10.3 Å². The number of hydrogen-bond acceptors (Lipinski definition) is 5. The van der Waals surface area contributed by atoms with Crippen LogP contribution < -0.4 is 5.32 Å². The first-order valence-electron chi connectivity index (χ1n) is 11.1. The first kappa shape index (κ1) is 24.6. The summed E-state index contributed by atoms with van der Waals surface area (Å²) in [5.41, 5.74) is -1.31. The normalized spacial score (nSPS) is 19.9. The summed E-state index contributed by atoms with van der Waals surface area (Å²) in [6.07, 6.45) is -0.949. The maximum Gasteiger partial charge on any atom is 0.419 e. The first-order valence-corrected chi connectivity index (χ1v) is 11.1. The second kappa shape index (κ2) is 8.94. The SMILES string of the molecule is CC1=C(C(=O)OCc2cccnc2)[C@H](c2cccc(C(F)(F)F)c2F)C2=C(CCC(C)(C)C2=O)N1. The fourth-order valence-electron chi connectivity index (χ4n) is 4.56. The number of dihydropyridines is 1. The Morgan fingerprint density at radius 3 is 2.63 bits per heavy atom. The number of benzene rings is 1. The third-order valence-electron chi connectivity index (χ3n) is 6.46. The number of nitrogens with one attached hydrogen (secondary N) is 1. The predicted molar refractivity (Wildman–Crippen MR) is 119 cm³/mol. The third-order valence-corrected chi connectivity index (χ3v) is 6.46. The number of carbonyl (C=O) groups is 2. The molecule has 35 heavy (non-hydrogen) atoms. The standard InChI is InChI=1S/C26H24F4N2O3/c1-14-19(24(34)35-13-15-6-5-11-31-12-15)20(16-7-4-8-17(22(16)27)26(28,29)30)21-18(32-14)9-10-25(2,3)23(21)33/h4-8,11-12,20,32H,9-10,13H2,1-3H3/t20-/m0/s1. The van der Waals surface area contributed by atoms with Gasteiger partial charge in [-0.15, -0.1) is 0 Å². The smallest absolute Gasteiger partial charge is 0.419 e. The van der Waals surface area contributed by atoms with Gasteiger partial charge in [0.1, 0.15) is 12.4 Å². The molecule has 0 amide bonds. The van der Waals surface area contributed by atoms with E-state index in [2.05, 4.69) is 10.3 Å². The molecule has 0 unspecified atom stereocenters. The highest BCUT2D eigenvalue weighted by Gasteiger charge is 2.47. The lowest BCUT2D eigenvalue weighted by Crippen LogP contribution is -2.41. The highest BCUT2D eigenvalue weighted by Crippen LogP contribution is 2.48. The number of hydrogen-bond donors (Lipinski definition) is 1. The monoisotopic (exact) mass is 488 g/mol. The zero-order valence-corrected chi connectivity index (χ0v) is 19.4. The van der Waals surface area contributed by atoms with Crippen LogP contribution in [-0.4, -0.2) is 16.7 Å². The molecular weight excluding hydrogens is 464 g/mol. The van der Waals surface area contributed by atoms with Crippen molar-refractivity contribution in [3.05, 3.63) is 87.8 Å². The number of nitrogens with zero attached hydrogens (tertiary/aromatic N) is 1. The number of alkyl halides is 3. The molecule has 1 aliphatic carbocycles. The molecule has 2 heterocycles. The number of ether oxygens (including phenoxy) is 1. The number of halogens is 4. The van der Waals surface area contributed by atoms with E-state index in [9.17, 15) is 22.8 Å². The highest BCUT2D eigenvalue weighted by molar-refractivity contribution is 6.06. The predicted octanol–water partition coefficient (Wildman–Crippen LogP) is 5.59. The molecule has 1 aromatic carbocycles. The fraction of sp³-hybridized carbons (Fsp3) is 0.346. The molecule has 1 atom stereocenters. The van der Waals surface area contributed by atoms with Gasteiger partial charge < -0.3 is 10.1 Å². The Balaban J connectivity index is 1.84. The molecule has 184 valence electrons. The molecule has 4 rings (SSSR count). The van der Waals surface area contributed by atoms with E-state index in [1.807, 2.05) is 0 Å². The minimum Gasteiger partial charge on any atom is -0.457 e. The lowest BCUT2D eigenvalue weighted by atomic mass is 9.67.